The molecule has 0 saturated carbocycles. The Morgan fingerprint density at radius 1 is 1.41 bits per heavy atom. The molecule has 0 radical (unpaired) electrons. The standard InChI is InChI=1S/C14H18N2O9S2/c1-7(17)15-4-5-26(21)9-6-8-10(14(2,3)25-27(22,23)24)12(18)16(8)11(9)13(19)20/h4-5,8,10H,6H2,1-3H3,(H,15,17)(H,19,20)(H,22,23,24)/t8-,10+,26-/m1/s1. The summed E-state index contributed by atoms with van der Waals surface area (Å²) >= 11 is 0. The summed E-state index contributed by atoms with van der Waals surface area (Å²) in [7, 11) is -6.79. The van der Waals surface area contributed by atoms with Crippen LogP contribution in [0.3, 0.4) is 0 Å². The number of rotatable bonds is 7. The third kappa shape index (κ3) is 4.26. The summed E-state index contributed by atoms with van der Waals surface area (Å²) in [6.07, 6.45) is 1.01. The van der Waals surface area contributed by atoms with Crippen molar-refractivity contribution in [3.05, 3.63) is 22.2 Å². The van der Waals surface area contributed by atoms with E-state index < -0.39 is 62.2 Å². The molecule has 3 N–H and O–H groups in total. The van der Waals surface area contributed by atoms with Gasteiger partial charge in [-0.1, -0.05) is 0 Å². The molecule has 2 heterocycles. The van der Waals surface area contributed by atoms with Gasteiger partial charge in [0.25, 0.3) is 0 Å². The fraction of sp³-hybridized carbons (Fsp3) is 0.500. The fourth-order valence-electron chi connectivity index (χ4n) is 3.23. The second kappa shape index (κ2) is 7.14. The van der Waals surface area contributed by atoms with Crippen molar-refractivity contribution in [3.8, 4) is 0 Å². The largest absolute Gasteiger partial charge is 0.477 e. The predicted octanol–water partition coefficient (Wildman–Crippen LogP) is -0.533. The molecule has 2 amide bonds. The summed E-state index contributed by atoms with van der Waals surface area (Å²) < 4.78 is 47.9. The van der Waals surface area contributed by atoms with E-state index in [0.29, 0.717) is 0 Å². The number of nitrogens with one attached hydrogen (secondary N) is 1. The van der Waals surface area contributed by atoms with Crippen molar-refractivity contribution in [2.45, 2.75) is 38.8 Å². The molecule has 150 valence electrons. The first kappa shape index (κ1) is 21.2. The van der Waals surface area contributed by atoms with E-state index >= 15 is 0 Å². The van der Waals surface area contributed by atoms with Crippen LogP contribution in [0.15, 0.2) is 22.2 Å². The van der Waals surface area contributed by atoms with Crippen molar-refractivity contribution in [1.82, 2.24) is 10.2 Å². The fourth-order valence-corrected chi connectivity index (χ4v) is 4.94. The van der Waals surface area contributed by atoms with Gasteiger partial charge in [0.05, 0.1) is 33.3 Å². The van der Waals surface area contributed by atoms with Gasteiger partial charge in [-0.2, -0.15) is 8.42 Å². The zero-order valence-corrected chi connectivity index (χ0v) is 16.2. The summed E-state index contributed by atoms with van der Waals surface area (Å²) in [5.74, 6) is -3.66. The molecule has 13 heteroatoms. The SMILES string of the molecule is CC(=O)NC=C[S@@](=O)C1=C(C(=O)O)N2C(=O)[C@@H](C(C)(C)OS(=O)(=O)O)[C@H]2C1. The Bertz CT molecular complexity index is 888. The normalized spacial score (nSPS) is 24.0. The van der Waals surface area contributed by atoms with Crippen molar-refractivity contribution >= 4 is 39.0 Å². The zero-order chi connectivity index (χ0) is 20.7. The first-order valence-electron chi connectivity index (χ1n) is 7.58. The maximum Gasteiger partial charge on any atom is 0.397 e. The summed E-state index contributed by atoms with van der Waals surface area (Å²) in [4.78, 5) is 35.8. The quantitative estimate of drug-likeness (QED) is 0.361. The van der Waals surface area contributed by atoms with Crippen molar-refractivity contribution in [1.29, 1.82) is 0 Å². The molecule has 2 rings (SSSR count). The smallest absolute Gasteiger partial charge is 0.397 e. The number of hydrogen-bond donors (Lipinski definition) is 3. The number of carboxylic acids is 1. The van der Waals surface area contributed by atoms with Gasteiger partial charge in [0, 0.05) is 25.0 Å². The Kier molecular flexibility index (Phi) is 5.61. The predicted molar refractivity (Wildman–Crippen MR) is 91.2 cm³/mol. The number of fused-ring (bicyclic) bond motifs is 1. The molecular weight excluding hydrogens is 404 g/mol. The first-order valence-corrected chi connectivity index (χ1v) is 10.2. The van der Waals surface area contributed by atoms with Crippen LogP contribution in [0.1, 0.15) is 27.2 Å². The molecule has 3 atom stereocenters. The van der Waals surface area contributed by atoms with Crippen LogP contribution in [0.5, 0.6) is 0 Å². The molecule has 0 unspecified atom stereocenters. The van der Waals surface area contributed by atoms with Crippen molar-refractivity contribution < 1.29 is 40.9 Å². The van der Waals surface area contributed by atoms with Crippen LogP contribution in [0, 0.1) is 5.92 Å². The van der Waals surface area contributed by atoms with Crippen LogP contribution in [0.2, 0.25) is 0 Å². The third-order valence-corrected chi connectivity index (χ3v) is 5.98. The van der Waals surface area contributed by atoms with Gasteiger partial charge in [-0.15, -0.1) is 0 Å². The monoisotopic (exact) mass is 422 g/mol. The number of carboxylic acid groups (broad SMARTS) is 1. The summed E-state index contributed by atoms with van der Waals surface area (Å²) in [6.45, 7) is 3.77. The van der Waals surface area contributed by atoms with Crippen molar-refractivity contribution in [2.75, 3.05) is 0 Å². The minimum Gasteiger partial charge on any atom is -0.477 e. The number of carbonyl (C=O) groups excluding carboxylic acids is 2. The van der Waals surface area contributed by atoms with E-state index in [0.717, 1.165) is 16.5 Å². The molecule has 0 aromatic heterocycles. The summed E-state index contributed by atoms with van der Waals surface area (Å²) in [5.41, 5.74) is -2.09. The topological polar surface area (TPSA) is 167 Å². The number of nitrogens with zero attached hydrogens (tertiary/aromatic N) is 1. The van der Waals surface area contributed by atoms with Gasteiger partial charge in [0.1, 0.15) is 5.70 Å². The van der Waals surface area contributed by atoms with Gasteiger partial charge in [-0.25, -0.2) is 13.2 Å². The van der Waals surface area contributed by atoms with Crippen LogP contribution in [-0.2, 0) is 39.8 Å². The van der Waals surface area contributed by atoms with Gasteiger partial charge in [-0.3, -0.25) is 14.1 Å². The second-order valence-corrected chi connectivity index (χ2v) is 8.83. The minimum atomic E-state index is -4.85. The number of carbonyl (C=O) groups is 3. The van der Waals surface area contributed by atoms with E-state index in [9.17, 15) is 32.1 Å². The molecule has 2 aliphatic heterocycles. The van der Waals surface area contributed by atoms with E-state index in [1.807, 2.05) is 0 Å². The Balaban J connectivity index is 2.30. The molecule has 0 bridgehead atoms. The van der Waals surface area contributed by atoms with E-state index in [1.54, 1.807) is 0 Å². The van der Waals surface area contributed by atoms with Crippen LogP contribution in [0.25, 0.3) is 0 Å². The lowest BCUT2D eigenvalue weighted by molar-refractivity contribution is -0.166. The molecule has 27 heavy (non-hydrogen) atoms. The average molecular weight is 422 g/mol. The summed E-state index contributed by atoms with van der Waals surface area (Å²) in [5, 5.41) is 12.8. The van der Waals surface area contributed by atoms with Gasteiger partial charge < -0.3 is 15.3 Å². The lowest BCUT2D eigenvalue weighted by Gasteiger charge is -2.49. The zero-order valence-electron chi connectivity index (χ0n) is 14.5. The maximum absolute atomic E-state index is 12.5. The second-order valence-electron chi connectivity index (χ2n) is 6.45. The van der Waals surface area contributed by atoms with Gasteiger partial charge >= 0.3 is 16.4 Å². The molecule has 0 spiro atoms. The molecule has 2 aliphatic rings. The minimum absolute atomic E-state index is 0.0485. The number of hydrogen-bond acceptors (Lipinski definition) is 7. The lowest BCUT2D eigenvalue weighted by Crippen LogP contribution is -2.66. The van der Waals surface area contributed by atoms with Crippen LogP contribution in [-0.4, -0.2) is 56.6 Å². The molecule has 11 nitrogen and oxygen atoms in total. The Hall–Kier alpha value is -2.09. The van der Waals surface area contributed by atoms with Crippen LogP contribution < -0.4 is 5.32 Å². The van der Waals surface area contributed by atoms with E-state index in [-0.39, 0.29) is 11.3 Å². The summed E-state index contributed by atoms with van der Waals surface area (Å²) in [6, 6.07) is -0.784. The molecular formula is C14H18N2O9S2. The number of β-lactam (4-membered cyclic amide) rings is 1. The molecule has 0 aromatic carbocycles. The molecule has 1 fully saturated rings. The maximum atomic E-state index is 12.5. The number of amides is 2. The molecule has 1 saturated heterocycles. The molecule has 0 aromatic rings. The molecule has 0 aliphatic carbocycles. The average Bonchev–Trinajstić information content (AvgIpc) is 2.78. The highest BCUT2D eigenvalue weighted by Crippen LogP contribution is 2.48. The highest BCUT2D eigenvalue weighted by molar-refractivity contribution is 7.91. The van der Waals surface area contributed by atoms with Crippen LogP contribution in [0.4, 0.5) is 0 Å². The Morgan fingerprint density at radius 2 is 2.00 bits per heavy atom. The van der Waals surface area contributed by atoms with E-state index in [1.165, 1.54) is 20.8 Å². The van der Waals surface area contributed by atoms with Crippen LogP contribution >= 0.6 is 0 Å². The first-order chi connectivity index (χ1) is 12.3. The van der Waals surface area contributed by atoms with Gasteiger partial charge in [-0.05, 0) is 13.8 Å². The van der Waals surface area contributed by atoms with E-state index in [4.69, 9.17) is 4.55 Å². The Morgan fingerprint density at radius 3 is 2.48 bits per heavy atom. The Labute approximate surface area is 157 Å². The van der Waals surface area contributed by atoms with Crippen molar-refractivity contribution in [2.24, 2.45) is 5.92 Å². The van der Waals surface area contributed by atoms with Gasteiger partial charge in [0.2, 0.25) is 11.8 Å². The highest BCUT2D eigenvalue weighted by atomic mass is 32.3. The lowest BCUT2D eigenvalue weighted by atomic mass is 9.76. The van der Waals surface area contributed by atoms with Gasteiger partial charge in [0.15, 0.2) is 0 Å². The third-order valence-electron chi connectivity index (χ3n) is 4.11. The number of aliphatic carboxylic acids is 1. The van der Waals surface area contributed by atoms with Crippen molar-refractivity contribution in [3.63, 3.8) is 0 Å². The van der Waals surface area contributed by atoms with E-state index in [2.05, 4.69) is 9.50 Å². The highest BCUT2D eigenvalue weighted by Gasteiger charge is 2.62.